The largest absolute Gasteiger partial charge is 0.494 e. The number of para-hydroxylation sites is 2. The van der Waals surface area contributed by atoms with Crippen LogP contribution in [0.25, 0.3) is 44.8 Å². The van der Waals surface area contributed by atoms with Gasteiger partial charge in [-0.3, -0.25) is 14.4 Å². The summed E-state index contributed by atoms with van der Waals surface area (Å²) in [5, 5.41) is 38.0. The number of benzene rings is 2. The molecule has 0 spiro atoms. The third-order valence-electron chi connectivity index (χ3n) is 12.7. The molecule has 27 nitrogen and oxygen atoms in total. The molecule has 12 rings (SSSR count). The number of ether oxygens (including phenoxy) is 2. The van der Waals surface area contributed by atoms with E-state index < -0.39 is 23.4 Å². The molecule has 10 aromatic rings. The topological polar surface area (TPSA) is 309 Å². The van der Waals surface area contributed by atoms with Crippen molar-refractivity contribution >= 4 is 56.9 Å². The molecule has 77 heavy (non-hydrogen) atoms. The highest BCUT2D eigenvalue weighted by molar-refractivity contribution is 6.45. The van der Waals surface area contributed by atoms with Gasteiger partial charge in [0.05, 0.1) is 83.3 Å². The van der Waals surface area contributed by atoms with Crippen molar-refractivity contribution in [3.05, 3.63) is 133 Å². The number of aliphatic carboxylic acids is 1. The number of ketones is 2. The molecular formula is C50H50N20O7. The molecule has 0 saturated carbocycles. The molecule has 0 atom stereocenters. The number of aromatic amines is 2. The molecule has 0 radical (unpaired) electrons. The third-order valence-corrected chi connectivity index (χ3v) is 12.7. The highest BCUT2D eigenvalue weighted by Gasteiger charge is 2.32. The number of nitrogens with one attached hydrogen (secondary N) is 3. The van der Waals surface area contributed by atoms with Crippen LogP contribution in [-0.4, -0.2) is 179 Å². The first-order valence-electron chi connectivity index (χ1n) is 24.1. The van der Waals surface area contributed by atoms with Crippen molar-refractivity contribution in [3.8, 4) is 34.5 Å². The summed E-state index contributed by atoms with van der Waals surface area (Å²) in [4.78, 5) is 78.2. The van der Waals surface area contributed by atoms with E-state index >= 15 is 0 Å². The number of carbonyl (C=O) groups excluding carboxylic acids is 3. The van der Waals surface area contributed by atoms with E-state index in [2.05, 4.69) is 75.8 Å². The monoisotopic (exact) mass is 1040 g/mol. The Bertz CT molecular complexity index is 3720. The van der Waals surface area contributed by atoms with Gasteiger partial charge in [-0.05, 0) is 38.1 Å². The number of hydrogen-bond donors (Lipinski definition) is 4. The van der Waals surface area contributed by atoms with Gasteiger partial charge in [0.15, 0.2) is 23.3 Å². The van der Waals surface area contributed by atoms with Gasteiger partial charge >= 0.3 is 5.97 Å². The van der Waals surface area contributed by atoms with Crippen molar-refractivity contribution in [1.82, 2.24) is 89.7 Å². The van der Waals surface area contributed by atoms with Crippen molar-refractivity contribution < 1.29 is 33.8 Å². The number of Topliss-reactive ketones (excluding diaryl/α,β-unsaturated/α-hetero) is 2. The van der Waals surface area contributed by atoms with Crippen LogP contribution in [0.5, 0.6) is 11.5 Å². The molecular weight excluding hydrogens is 993 g/mol. The molecule has 4 N–H and O–H groups in total. The van der Waals surface area contributed by atoms with E-state index in [-0.39, 0.29) is 11.1 Å². The summed E-state index contributed by atoms with van der Waals surface area (Å²) in [6.45, 7) is 9.37. The van der Waals surface area contributed by atoms with Crippen LogP contribution in [-0.2, 0) is 9.59 Å². The fourth-order valence-electron chi connectivity index (χ4n) is 8.92. The normalized spacial score (nSPS) is 13.4. The van der Waals surface area contributed by atoms with Gasteiger partial charge < -0.3 is 44.6 Å². The van der Waals surface area contributed by atoms with Crippen LogP contribution in [0.1, 0.15) is 32.4 Å². The van der Waals surface area contributed by atoms with Crippen molar-refractivity contribution in [3.63, 3.8) is 0 Å². The van der Waals surface area contributed by atoms with E-state index in [0.29, 0.717) is 82.8 Å². The second-order valence-electron chi connectivity index (χ2n) is 17.3. The lowest BCUT2D eigenvalue weighted by atomic mass is 10.1. The molecule has 392 valence electrons. The number of H-pyrrole nitrogens is 2. The van der Waals surface area contributed by atoms with Crippen molar-refractivity contribution in [2.75, 3.05) is 76.4 Å². The number of carboxylic acid groups (broad SMARTS) is 1. The number of methoxy groups -OCH3 is 2. The summed E-state index contributed by atoms with van der Waals surface area (Å²) in [5.74, 6) is 0.779. The first-order chi connectivity index (χ1) is 37.5. The molecule has 2 aliphatic rings. The molecule has 2 aromatic carbocycles. The summed E-state index contributed by atoms with van der Waals surface area (Å²) >= 11 is 0. The molecule has 0 unspecified atom stereocenters. The Morgan fingerprint density at radius 2 is 1.03 bits per heavy atom. The molecule has 8 aromatic heterocycles. The number of amides is 1. The van der Waals surface area contributed by atoms with Crippen molar-refractivity contribution in [2.24, 2.45) is 0 Å². The fraction of sp³-hybridized carbons (Fsp3) is 0.240. The Kier molecular flexibility index (Phi) is 14.5. The molecule has 2 saturated heterocycles. The van der Waals surface area contributed by atoms with Gasteiger partial charge in [0.25, 0.3) is 17.5 Å². The number of hydrogen-bond acceptors (Lipinski definition) is 19. The molecule has 2 fully saturated rings. The molecule has 10 heterocycles. The number of nitrogens with zero attached hydrogens (tertiary/aromatic N) is 17. The van der Waals surface area contributed by atoms with E-state index in [0.717, 1.165) is 49.2 Å². The number of fused-ring (bicyclic) bond motifs is 2. The van der Waals surface area contributed by atoms with Gasteiger partial charge in [-0.1, -0.05) is 46.8 Å². The average molecular weight is 1040 g/mol. The summed E-state index contributed by atoms with van der Waals surface area (Å²) in [7, 11) is 2.91. The van der Waals surface area contributed by atoms with Crippen LogP contribution in [0.4, 0.5) is 11.6 Å². The lowest BCUT2D eigenvalue weighted by Crippen LogP contribution is -2.51. The number of rotatable bonds is 12. The standard InChI is InChI=1S/C25H24N10O3.C13H11N5O4.C12H15N5/c1-16-28-15-34(30-16)24-22-21(19(38-2)13-27-24)18(12-26-22)23(36)25(37)33-10-8-32(9-11-33)20-14-29-31-35(20)17-6-4-3-5-7-17;1-6-16-5-18(17-6)12-10-9(8(22-2)4-15-12)7(3-14-10)11(19)13(20)21;1-2-4-11(5-3-1)17-12(10-14-15-17)16-8-6-13-7-9-16/h3-7,12-15,26H,8-11H2,1-2H3;3-5,14H,1-2H3,(H,20,21);1-5,10,13H,6-9H2. The van der Waals surface area contributed by atoms with E-state index in [4.69, 9.17) is 14.6 Å². The lowest BCUT2D eigenvalue weighted by molar-refractivity contribution is -0.131. The van der Waals surface area contributed by atoms with Gasteiger partial charge in [-0.25, -0.2) is 34.1 Å². The second-order valence-corrected chi connectivity index (χ2v) is 17.3. The first-order valence-corrected chi connectivity index (χ1v) is 24.1. The zero-order valence-corrected chi connectivity index (χ0v) is 42.0. The Morgan fingerprint density at radius 1 is 0.571 bits per heavy atom. The average Bonchev–Trinajstić information content (AvgIpc) is 4.38. The number of carbonyl (C=O) groups is 4. The van der Waals surface area contributed by atoms with Crippen molar-refractivity contribution in [1.29, 1.82) is 0 Å². The zero-order chi connectivity index (χ0) is 53.6. The van der Waals surface area contributed by atoms with Gasteiger partial charge in [0, 0.05) is 64.8 Å². The third kappa shape index (κ3) is 10.2. The molecule has 27 heteroatoms. The van der Waals surface area contributed by atoms with E-state index in [1.807, 2.05) is 71.5 Å². The predicted molar refractivity (Wildman–Crippen MR) is 277 cm³/mol. The van der Waals surface area contributed by atoms with Crippen LogP contribution >= 0.6 is 0 Å². The Morgan fingerprint density at radius 3 is 1.45 bits per heavy atom. The lowest BCUT2D eigenvalue weighted by Gasteiger charge is -2.35. The van der Waals surface area contributed by atoms with Gasteiger partial charge in [0.2, 0.25) is 0 Å². The number of piperazine rings is 2. The maximum atomic E-state index is 13.4. The number of pyridine rings is 2. The van der Waals surface area contributed by atoms with Crippen LogP contribution in [0, 0.1) is 13.8 Å². The number of carboxylic acids is 1. The minimum absolute atomic E-state index is 0.000151. The highest BCUT2D eigenvalue weighted by Crippen LogP contribution is 2.33. The smallest absolute Gasteiger partial charge is 0.377 e. The van der Waals surface area contributed by atoms with E-state index in [9.17, 15) is 19.2 Å². The molecule has 0 bridgehead atoms. The van der Waals surface area contributed by atoms with Crippen LogP contribution < -0.4 is 24.6 Å². The van der Waals surface area contributed by atoms with Gasteiger partial charge in [0.1, 0.15) is 35.8 Å². The Hall–Kier alpha value is -10.2. The zero-order valence-electron chi connectivity index (χ0n) is 42.0. The minimum atomic E-state index is -1.54. The maximum absolute atomic E-state index is 13.4. The summed E-state index contributed by atoms with van der Waals surface area (Å²) in [6, 6.07) is 19.8. The summed E-state index contributed by atoms with van der Waals surface area (Å²) in [5.41, 5.74) is 3.14. The predicted octanol–water partition coefficient (Wildman–Crippen LogP) is 2.98. The van der Waals surface area contributed by atoms with E-state index in [1.165, 1.54) is 61.0 Å². The number of aryl methyl sites for hydroxylation is 2. The Labute approximate surface area is 437 Å². The van der Waals surface area contributed by atoms with Crippen LogP contribution in [0.3, 0.4) is 0 Å². The summed E-state index contributed by atoms with van der Waals surface area (Å²) in [6.07, 6.45) is 12.3. The van der Waals surface area contributed by atoms with E-state index in [1.54, 1.807) is 29.6 Å². The molecule has 2 aliphatic heterocycles. The highest BCUT2D eigenvalue weighted by atomic mass is 16.5. The van der Waals surface area contributed by atoms with Crippen molar-refractivity contribution in [2.45, 2.75) is 13.8 Å². The SMILES string of the molecule is COc1cnc(-n2cnc(C)n2)c2[nH]cc(C(=O)C(=O)N3CCN(c4cnnn4-c4ccccc4)CC3)c12.COc1cnc(-n2cnc(C)n2)c2[nH]cc(C(=O)C(=O)O)c12.c1ccc(-n2nncc2N2CCNCC2)cc1. The van der Waals surface area contributed by atoms with Gasteiger partial charge in [-0.15, -0.1) is 10.2 Å². The fourth-order valence-corrected chi connectivity index (χ4v) is 8.92. The van der Waals surface area contributed by atoms with Crippen LogP contribution in [0.2, 0.25) is 0 Å². The molecule has 1 amide bonds. The minimum Gasteiger partial charge on any atom is -0.494 e. The maximum Gasteiger partial charge on any atom is 0.377 e. The Balaban J connectivity index is 0.000000145. The number of anilines is 2. The van der Waals surface area contributed by atoms with Gasteiger partial charge in [-0.2, -0.15) is 19.6 Å². The molecule has 0 aliphatic carbocycles. The number of aromatic nitrogens is 16. The summed E-state index contributed by atoms with van der Waals surface area (Å²) < 4.78 is 17.3. The first kappa shape index (κ1) is 50.4. The second kappa shape index (κ2) is 22.1. The van der Waals surface area contributed by atoms with Crippen LogP contribution in [0.15, 0.2) is 110 Å². The quantitative estimate of drug-likeness (QED) is 0.101.